The van der Waals surface area contributed by atoms with Crippen LogP contribution in [0.25, 0.3) is 0 Å². The van der Waals surface area contributed by atoms with Gasteiger partial charge in [-0.25, -0.2) is 17.9 Å². The molecule has 0 spiro atoms. The SMILES string of the molecule is CC[C@@H]1C2C[C@H](O)CC[C@]2(C)[C@H]2CC[C@]3(C)[C@@H]([C@H](C)CCNC(=O)NS(=O)(=O)c4ccc5c(c4)OCO5)CC[C@H]3[C@@H]2[C@@H]1O. The maximum Gasteiger partial charge on any atom is 0.328 e. The van der Waals surface area contributed by atoms with Crippen LogP contribution in [0.2, 0.25) is 0 Å². The first-order chi connectivity index (χ1) is 20.4. The number of fused-ring (bicyclic) bond motifs is 6. The second-order valence-electron chi connectivity index (χ2n) is 14.8. The molecule has 4 saturated carbocycles. The fraction of sp³-hybridized carbons (Fsp3) is 0.788. The predicted molar refractivity (Wildman–Crippen MR) is 162 cm³/mol. The summed E-state index contributed by atoms with van der Waals surface area (Å²) >= 11 is 0. The number of hydrogen-bond acceptors (Lipinski definition) is 7. The zero-order valence-electron chi connectivity index (χ0n) is 26.1. The fourth-order valence-corrected chi connectivity index (χ4v) is 11.8. The fourth-order valence-electron chi connectivity index (χ4n) is 10.8. The minimum Gasteiger partial charge on any atom is -0.454 e. The van der Waals surface area contributed by atoms with Crippen molar-refractivity contribution in [2.24, 2.45) is 52.3 Å². The Morgan fingerprint density at radius 2 is 1.74 bits per heavy atom. The van der Waals surface area contributed by atoms with Gasteiger partial charge in [-0.15, -0.1) is 0 Å². The molecule has 11 atom stereocenters. The number of hydrogen-bond donors (Lipinski definition) is 4. The van der Waals surface area contributed by atoms with E-state index in [4.69, 9.17) is 9.47 Å². The van der Waals surface area contributed by atoms with Gasteiger partial charge in [0, 0.05) is 12.6 Å². The first-order valence-corrected chi connectivity index (χ1v) is 17.9. The first-order valence-electron chi connectivity index (χ1n) is 16.5. The maximum absolute atomic E-state index is 12.8. The molecule has 1 aromatic carbocycles. The molecule has 1 heterocycles. The van der Waals surface area contributed by atoms with Crippen molar-refractivity contribution < 1.29 is 32.9 Å². The number of ether oxygens (including phenoxy) is 2. The minimum atomic E-state index is -4.05. The molecule has 0 radical (unpaired) electrons. The molecule has 0 bridgehead atoms. The molecular weight excluding hydrogens is 568 g/mol. The van der Waals surface area contributed by atoms with Gasteiger partial charge in [-0.05, 0) is 116 Å². The van der Waals surface area contributed by atoms with Crippen molar-refractivity contribution >= 4 is 16.1 Å². The number of rotatable bonds is 7. The third-order valence-corrected chi connectivity index (χ3v) is 14.2. The van der Waals surface area contributed by atoms with E-state index in [0.29, 0.717) is 53.6 Å². The summed E-state index contributed by atoms with van der Waals surface area (Å²) in [5.74, 6) is 3.60. The van der Waals surface area contributed by atoms with Crippen LogP contribution in [0.15, 0.2) is 23.1 Å². The summed E-state index contributed by atoms with van der Waals surface area (Å²) in [4.78, 5) is 12.5. The average molecular weight is 619 g/mol. The Labute approximate surface area is 256 Å². The molecule has 5 aliphatic rings. The van der Waals surface area contributed by atoms with Gasteiger partial charge in [0.15, 0.2) is 11.5 Å². The summed E-state index contributed by atoms with van der Waals surface area (Å²) in [5, 5.41) is 25.2. The second kappa shape index (κ2) is 11.4. The molecule has 43 heavy (non-hydrogen) atoms. The highest BCUT2D eigenvalue weighted by molar-refractivity contribution is 7.90. The molecule has 1 aliphatic heterocycles. The van der Waals surface area contributed by atoms with Gasteiger partial charge in [0.1, 0.15) is 0 Å². The molecule has 10 heteroatoms. The maximum atomic E-state index is 12.8. The van der Waals surface area contributed by atoms with Gasteiger partial charge in [0.2, 0.25) is 6.79 Å². The number of aliphatic hydroxyl groups excluding tert-OH is 2. The highest BCUT2D eigenvalue weighted by atomic mass is 32.2. The van der Waals surface area contributed by atoms with Crippen LogP contribution in [0.1, 0.15) is 85.5 Å². The molecular formula is C33H50N2O7S. The second-order valence-corrected chi connectivity index (χ2v) is 16.4. The van der Waals surface area contributed by atoms with E-state index in [-0.39, 0.29) is 40.6 Å². The monoisotopic (exact) mass is 618 g/mol. The number of carbonyl (C=O) groups excluding carboxylic acids is 1. The minimum absolute atomic E-state index is 0.0393. The largest absolute Gasteiger partial charge is 0.454 e. The van der Waals surface area contributed by atoms with Gasteiger partial charge >= 0.3 is 6.03 Å². The van der Waals surface area contributed by atoms with Crippen LogP contribution in [0.4, 0.5) is 4.79 Å². The van der Waals surface area contributed by atoms with Crippen molar-refractivity contribution in [2.45, 2.75) is 103 Å². The molecule has 4 fully saturated rings. The van der Waals surface area contributed by atoms with Crippen molar-refractivity contribution in [3.8, 4) is 11.5 Å². The number of benzene rings is 1. The van der Waals surface area contributed by atoms with Crippen molar-refractivity contribution in [1.29, 1.82) is 0 Å². The Bertz CT molecular complexity index is 1320. The highest BCUT2D eigenvalue weighted by Crippen LogP contribution is 2.69. The third-order valence-electron chi connectivity index (χ3n) is 12.9. The summed E-state index contributed by atoms with van der Waals surface area (Å²) in [6.45, 7) is 9.82. The van der Waals surface area contributed by atoms with Gasteiger partial charge in [-0.2, -0.15) is 0 Å². The third kappa shape index (κ3) is 5.23. The smallest absolute Gasteiger partial charge is 0.328 e. The molecule has 2 amide bonds. The van der Waals surface area contributed by atoms with Crippen molar-refractivity contribution in [3.63, 3.8) is 0 Å². The van der Waals surface area contributed by atoms with E-state index in [2.05, 4.69) is 37.7 Å². The Hall–Kier alpha value is -2.04. The molecule has 4 N–H and O–H groups in total. The van der Waals surface area contributed by atoms with E-state index < -0.39 is 16.1 Å². The van der Waals surface area contributed by atoms with Crippen LogP contribution in [-0.4, -0.2) is 50.2 Å². The van der Waals surface area contributed by atoms with Gasteiger partial charge in [0.05, 0.1) is 17.1 Å². The van der Waals surface area contributed by atoms with E-state index >= 15 is 0 Å². The Morgan fingerprint density at radius 3 is 2.51 bits per heavy atom. The summed E-state index contributed by atoms with van der Waals surface area (Å²) < 4.78 is 38.1. The van der Waals surface area contributed by atoms with Gasteiger partial charge < -0.3 is 25.0 Å². The number of sulfonamides is 1. The summed E-state index contributed by atoms with van der Waals surface area (Å²) in [6, 6.07) is 3.53. The lowest BCUT2D eigenvalue weighted by molar-refractivity contribution is -0.203. The highest BCUT2D eigenvalue weighted by Gasteiger charge is 2.64. The first kappa shape index (κ1) is 31.0. The zero-order chi connectivity index (χ0) is 30.7. The normalized spacial score (nSPS) is 40.6. The number of amides is 2. The van der Waals surface area contributed by atoms with Crippen LogP contribution in [0.3, 0.4) is 0 Å². The van der Waals surface area contributed by atoms with Crippen molar-refractivity contribution in [1.82, 2.24) is 10.0 Å². The van der Waals surface area contributed by atoms with Crippen molar-refractivity contribution in [3.05, 3.63) is 18.2 Å². The standard InChI is InChI=1S/C33H50N2O7S/c1-5-22-26-16-20(36)10-13-33(26,4)25-11-14-32(3)23(7-8-24(32)29(25)30(22)37)19(2)12-15-34-31(38)35-43(39,40)21-6-9-27-28(17-21)42-18-41-27/h6,9,17,19-20,22-26,29-30,36-37H,5,7-8,10-16,18H2,1-4H3,(H2,34,35,38)/t19-,20-,22-,23-,24+,25+,26?,29+,30-,32-,33-/m1/s1. The van der Waals surface area contributed by atoms with E-state index in [1.54, 1.807) is 0 Å². The summed E-state index contributed by atoms with van der Waals surface area (Å²) in [5.41, 5.74) is 0.329. The quantitative estimate of drug-likeness (QED) is 0.336. The van der Waals surface area contributed by atoms with Gasteiger partial charge in [-0.1, -0.05) is 34.1 Å². The van der Waals surface area contributed by atoms with Gasteiger partial charge in [-0.3, -0.25) is 0 Å². The lowest BCUT2D eigenvalue weighted by Crippen LogP contribution is -2.62. The molecule has 0 aromatic heterocycles. The molecule has 1 aromatic rings. The molecule has 240 valence electrons. The molecule has 4 aliphatic carbocycles. The molecule has 6 rings (SSSR count). The van der Waals surface area contributed by atoms with Crippen molar-refractivity contribution in [2.75, 3.05) is 13.3 Å². The van der Waals surface area contributed by atoms with E-state index in [1.165, 1.54) is 18.2 Å². The Kier molecular flexibility index (Phi) is 8.20. The van der Waals surface area contributed by atoms with Crippen LogP contribution in [0.5, 0.6) is 11.5 Å². The molecule has 0 saturated heterocycles. The summed E-state index contributed by atoms with van der Waals surface area (Å²) in [7, 11) is -4.05. The van der Waals surface area contributed by atoms with Crippen LogP contribution >= 0.6 is 0 Å². The van der Waals surface area contributed by atoms with E-state index in [9.17, 15) is 23.4 Å². The Morgan fingerprint density at radius 1 is 1.02 bits per heavy atom. The number of carbonyl (C=O) groups is 1. The lowest BCUT2D eigenvalue weighted by Gasteiger charge is -2.64. The number of urea groups is 1. The number of aliphatic hydroxyl groups is 2. The number of nitrogens with one attached hydrogen (secondary N) is 2. The lowest BCUT2D eigenvalue weighted by atomic mass is 9.41. The van der Waals surface area contributed by atoms with Gasteiger partial charge in [0.25, 0.3) is 10.0 Å². The predicted octanol–water partition coefficient (Wildman–Crippen LogP) is 5.06. The Balaban J connectivity index is 1.07. The molecule has 9 nitrogen and oxygen atoms in total. The van der Waals surface area contributed by atoms with E-state index in [1.807, 2.05) is 0 Å². The average Bonchev–Trinajstić information content (AvgIpc) is 3.57. The van der Waals surface area contributed by atoms with Crippen LogP contribution < -0.4 is 19.5 Å². The van der Waals surface area contributed by atoms with E-state index in [0.717, 1.165) is 57.8 Å². The zero-order valence-corrected chi connectivity index (χ0v) is 26.9. The summed E-state index contributed by atoms with van der Waals surface area (Å²) in [6.07, 6.45) is 8.48. The molecule has 1 unspecified atom stereocenters. The topological polar surface area (TPSA) is 134 Å². The van der Waals surface area contributed by atoms with Crippen LogP contribution in [0, 0.1) is 52.3 Å². The van der Waals surface area contributed by atoms with Crippen LogP contribution in [-0.2, 0) is 10.0 Å².